The Morgan fingerprint density at radius 1 is 0.864 bits per heavy atom. The molecule has 2 saturated heterocycles. The molecule has 0 saturated carbocycles. The third-order valence-corrected chi connectivity index (χ3v) is 12.2. The summed E-state index contributed by atoms with van der Waals surface area (Å²) >= 11 is 0. The first-order valence-electron chi connectivity index (χ1n) is 19.8. The quantitative estimate of drug-likeness (QED) is 0.110. The zero-order chi connectivity index (χ0) is 41.3. The molecule has 16 nitrogen and oxygen atoms in total. The third-order valence-electron chi connectivity index (χ3n) is 11.1. The number of piperazine rings is 1. The Labute approximate surface area is 340 Å². The number of piperidine rings is 1. The molecule has 1 unspecified atom stereocenters. The van der Waals surface area contributed by atoms with Crippen LogP contribution in [0.4, 0.5) is 23.0 Å². The summed E-state index contributed by atoms with van der Waals surface area (Å²) in [6.07, 6.45) is 4.78. The van der Waals surface area contributed by atoms with Gasteiger partial charge in [-0.3, -0.25) is 28.8 Å². The molecule has 0 aliphatic carbocycles. The summed E-state index contributed by atoms with van der Waals surface area (Å²) in [5.74, 6) is -0.154. The average Bonchev–Trinajstić information content (AvgIpc) is 3.75. The molecule has 0 spiro atoms. The Morgan fingerprint density at radius 3 is 2.34 bits per heavy atom. The Morgan fingerprint density at radius 2 is 1.61 bits per heavy atom. The monoisotopic (exact) mass is 818 g/mol. The van der Waals surface area contributed by atoms with Gasteiger partial charge >= 0.3 is 5.69 Å². The summed E-state index contributed by atoms with van der Waals surface area (Å²) in [4.78, 5) is 59.3. The van der Waals surface area contributed by atoms with E-state index in [-0.39, 0.29) is 28.8 Å². The Hall–Kier alpha value is -6.49. The Bertz CT molecular complexity index is 2710. The first-order chi connectivity index (χ1) is 28.4. The van der Waals surface area contributed by atoms with E-state index in [1.165, 1.54) is 15.4 Å². The molecule has 5 heterocycles. The highest BCUT2D eigenvalue weighted by Gasteiger charge is 2.31. The minimum atomic E-state index is -3.29. The van der Waals surface area contributed by atoms with Gasteiger partial charge in [0.15, 0.2) is 15.5 Å². The summed E-state index contributed by atoms with van der Waals surface area (Å²) in [6, 6.07) is 25.4. The van der Waals surface area contributed by atoms with E-state index in [0.29, 0.717) is 48.6 Å². The zero-order valence-electron chi connectivity index (χ0n) is 32.9. The maximum Gasteiger partial charge on any atom is 0.329 e. The highest BCUT2D eigenvalue weighted by atomic mass is 32.2. The van der Waals surface area contributed by atoms with Crippen LogP contribution in [0.5, 0.6) is 0 Å². The topological polar surface area (TPSA) is 185 Å². The highest BCUT2D eigenvalue weighted by molar-refractivity contribution is 7.90. The molecule has 8 rings (SSSR count). The van der Waals surface area contributed by atoms with E-state index in [1.807, 2.05) is 53.4 Å². The van der Waals surface area contributed by atoms with Crippen LogP contribution < -0.4 is 26.5 Å². The van der Waals surface area contributed by atoms with Gasteiger partial charge < -0.3 is 20.4 Å². The van der Waals surface area contributed by atoms with Gasteiger partial charge in [-0.15, -0.1) is 5.10 Å². The number of carbonyl (C=O) groups excluding carboxylic acids is 3. The second kappa shape index (κ2) is 16.4. The molecule has 2 aliphatic rings. The van der Waals surface area contributed by atoms with Gasteiger partial charge in [-0.25, -0.2) is 17.7 Å². The van der Waals surface area contributed by atoms with Gasteiger partial charge in [0.1, 0.15) is 6.04 Å². The van der Waals surface area contributed by atoms with Crippen molar-refractivity contribution in [3.8, 4) is 11.3 Å². The number of unbranched alkanes of at least 4 members (excludes halogenated alkanes) is 2. The maximum absolute atomic E-state index is 13.0. The van der Waals surface area contributed by atoms with E-state index < -0.39 is 21.8 Å². The largest absolute Gasteiger partial charge is 0.385 e. The number of imide groups is 1. The van der Waals surface area contributed by atoms with Crippen LogP contribution in [0.2, 0.25) is 0 Å². The molecule has 17 heteroatoms. The lowest BCUT2D eigenvalue weighted by atomic mass is 10.1. The predicted octanol–water partition coefficient (Wildman–Crippen LogP) is 4.50. The van der Waals surface area contributed by atoms with Crippen LogP contribution in [0.1, 0.15) is 44.6 Å². The molecule has 2 aliphatic heterocycles. The Kier molecular flexibility index (Phi) is 10.9. The number of nitrogens with zero attached hydrogens (tertiary/aromatic N) is 7. The highest BCUT2D eigenvalue weighted by Crippen LogP contribution is 2.27. The van der Waals surface area contributed by atoms with Crippen molar-refractivity contribution in [2.24, 2.45) is 7.05 Å². The third kappa shape index (κ3) is 8.41. The number of hydrogen-bond acceptors (Lipinski definition) is 11. The molecule has 306 valence electrons. The lowest BCUT2D eigenvalue weighted by Crippen LogP contribution is -2.48. The van der Waals surface area contributed by atoms with E-state index in [1.54, 1.807) is 35.8 Å². The molecule has 3 aromatic heterocycles. The van der Waals surface area contributed by atoms with Crippen molar-refractivity contribution in [3.05, 3.63) is 95.4 Å². The number of carbonyl (C=O) groups is 3. The number of nitrogens with one attached hydrogen (secondary N) is 3. The summed E-state index contributed by atoms with van der Waals surface area (Å²) in [6.45, 7) is 3.55. The van der Waals surface area contributed by atoms with Gasteiger partial charge in [0.05, 0.1) is 21.6 Å². The predicted molar refractivity (Wildman–Crippen MR) is 226 cm³/mol. The molecule has 3 N–H and O–H groups in total. The van der Waals surface area contributed by atoms with E-state index in [4.69, 9.17) is 0 Å². The van der Waals surface area contributed by atoms with Gasteiger partial charge in [0.25, 0.3) is 0 Å². The number of anilines is 4. The lowest BCUT2D eigenvalue weighted by Gasteiger charge is -2.36. The molecule has 1 atom stereocenters. The average molecular weight is 819 g/mol. The standard InChI is InChI=1S/C42H46N10O6S/c1-48-36-27-30(14-19-34(36)51(42(48)56)35-20-21-38(53)46-40(35)55)43-22-5-3-4-9-39(54)50-25-23-49(24-26-50)31-15-12-29(13-16-31)44-41-45-37-8-6-7-33(52(37)47-41)28-10-17-32(18-11-28)59(2,57)58/h6-8,10-19,27,35,43H,3-5,9,20-26H2,1-2H3,(H,44,47)(H,46,53,55). The number of imidazole rings is 1. The number of pyridine rings is 1. The van der Waals surface area contributed by atoms with Crippen LogP contribution in [0, 0.1) is 0 Å². The summed E-state index contributed by atoms with van der Waals surface area (Å²) in [5, 5.41) is 13.7. The summed E-state index contributed by atoms with van der Waals surface area (Å²) in [7, 11) is -1.61. The van der Waals surface area contributed by atoms with Crippen molar-refractivity contribution in [1.29, 1.82) is 0 Å². The first kappa shape index (κ1) is 39.3. The first-order valence-corrected chi connectivity index (χ1v) is 21.7. The van der Waals surface area contributed by atoms with Crippen LogP contribution in [-0.2, 0) is 31.3 Å². The number of aromatic nitrogens is 5. The van der Waals surface area contributed by atoms with Crippen molar-refractivity contribution in [3.63, 3.8) is 0 Å². The Balaban J connectivity index is 0.769. The summed E-state index contributed by atoms with van der Waals surface area (Å²) in [5.41, 5.74) is 6.10. The van der Waals surface area contributed by atoms with Crippen LogP contribution in [0.25, 0.3) is 27.9 Å². The normalized spacial score (nSPS) is 16.1. The van der Waals surface area contributed by atoms with Crippen molar-refractivity contribution in [1.82, 2.24) is 33.9 Å². The van der Waals surface area contributed by atoms with E-state index in [0.717, 1.165) is 67.2 Å². The minimum Gasteiger partial charge on any atom is -0.385 e. The fourth-order valence-electron chi connectivity index (χ4n) is 7.82. The molecule has 3 aromatic carbocycles. The van der Waals surface area contributed by atoms with Crippen molar-refractivity contribution in [2.75, 3.05) is 54.5 Å². The van der Waals surface area contributed by atoms with Gasteiger partial charge in [-0.1, -0.05) is 24.6 Å². The second-order valence-electron chi connectivity index (χ2n) is 15.1. The number of rotatable bonds is 13. The van der Waals surface area contributed by atoms with E-state index in [2.05, 4.69) is 43.1 Å². The molecular formula is C42H46N10O6S. The van der Waals surface area contributed by atoms with Crippen molar-refractivity contribution in [2.45, 2.75) is 49.5 Å². The number of benzene rings is 3. The summed E-state index contributed by atoms with van der Waals surface area (Å²) < 4.78 is 28.5. The number of aryl methyl sites for hydroxylation is 1. The van der Waals surface area contributed by atoms with Crippen LogP contribution in [0.15, 0.2) is 94.6 Å². The number of amides is 3. The number of hydrogen-bond donors (Lipinski definition) is 3. The van der Waals surface area contributed by atoms with Gasteiger partial charge in [-0.05, 0) is 86.0 Å². The van der Waals surface area contributed by atoms with Crippen molar-refractivity contribution < 1.29 is 22.8 Å². The lowest BCUT2D eigenvalue weighted by molar-refractivity contribution is -0.136. The van der Waals surface area contributed by atoms with E-state index in [9.17, 15) is 27.6 Å². The second-order valence-corrected chi connectivity index (χ2v) is 17.1. The SMILES string of the molecule is Cn1c(=O)n(C2CCC(=O)NC2=O)c2ccc(NCCCCCC(=O)N3CCN(c4ccc(Nc5nc6cccc(-c7ccc(S(C)(=O)=O)cc7)n6n5)cc4)CC3)cc21. The molecule has 3 amide bonds. The molecule has 59 heavy (non-hydrogen) atoms. The number of sulfone groups is 1. The van der Waals surface area contributed by atoms with Crippen LogP contribution >= 0.6 is 0 Å². The van der Waals surface area contributed by atoms with Crippen LogP contribution in [0.3, 0.4) is 0 Å². The molecule has 0 radical (unpaired) electrons. The maximum atomic E-state index is 13.0. The molecule has 0 bridgehead atoms. The fraction of sp³-hybridized carbons (Fsp3) is 0.333. The molecule has 6 aromatic rings. The zero-order valence-corrected chi connectivity index (χ0v) is 33.7. The molecular weight excluding hydrogens is 773 g/mol. The smallest absolute Gasteiger partial charge is 0.329 e. The van der Waals surface area contributed by atoms with Gasteiger partial charge in [-0.2, -0.15) is 4.98 Å². The minimum absolute atomic E-state index is 0.179. The van der Waals surface area contributed by atoms with E-state index >= 15 is 0 Å². The van der Waals surface area contributed by atoms with Gasteiger partial charge in [0.2, 0.25) is 23.7 Å². The number of fused-ring (bicyclic) bond motifs is 2. The van der Waals surface area contributed by atoms with Gasteiger partial charge in [0, 0.05) is 81.5 Å². The van der Waals surface area contributed by atoms with Crippen molar-refractivity contribution >= 4 is 67.2 Å². The fourth-order valence-corrected chi connectivity index (χ4v) is 8.45. The molecule has 2 fully saturated rings. The van der Waals surface area contributed by atoms with Crippen LogP contribution in [-0.4, -0.2) is 93.8 Å².